The van der Waals surface area contributed by atoms with Crippen LogP contribution in [0.15, 0.2) is 96.2 Å². The van der Waals surface area contributed by atoms with Crippen molar-refractivity contribution in [2.75, 3.05) is 26.8 Å². The molecule has 6 rings (SSSR count). The van der Waals surface area contributed by atoms with E-state index in [1.54, 1.807) is 36.7 Å². The number of benzene rings is 2. The molecule has 220 valence electrons. The summed E-state index contributed by atoms with van der Waals surface area (Å²) < 4.78 is 16.9. The van der Waals surface area contributed by atoms with Gasteiger partial charge in [0.15, 0.2) is 0 Å². The molecule has 0 spiro atoms. The molecule has 2 aliphatic rings. The van der Waals surface area contributed by atoms with Crippen LogP contribution in [0.1, 0.15) is 46.1 Å². The second-order valence-corrected chi connectivity index (χ2v) is 10.8. The third-order valence-corrected chi connectivity index (χ3v) is 7.99. The number of aryl methyl sites for hydroxylation is 1. The quantitative estimate of drug-likeness (QED) is 0.233. The van der Waals surface area contributed by atoms with E-state index in [4.69, 9.17) is 24.2 Å². The number of aliphatic imine (C=N–C) groups is 1. The highest BCUT2D eigenvalue weighted by molar-refractivity contribution is 5.89. The summed E-state index contributed by atoms with van der Waals surface area (Å²) in [7, 11) is 1.36. The van der Waals surface area contributed by atoms with Gasteiger partial charge in [0.1, 0.15) is 12.4 Å². The number of pyridine rings is 2. The van der Waals surface area contributed by atoms with Gasteiger partial charge in [0, 0.05) is 43.6 Å². The second-order valence-electron chi connectivity index (χ2n) is 10.8. The third kappa shape index (κ3) is 6.67. The number of likely N-dealkylation sites (tertiary alicyclic amines) is 1. The van der Waals surface area contributed by atoms with Crippen molar-refractivity contribution < 1.29 is 19.0 Å². The fraction of sp³-hybridized carbons (Fsp3) is 0.294. The van der Waals surface area contributed by atoms with Crippen molar-refractivity contribution in [3.05, 3.63) is 114 Å². The van der Waals surface area contributed by atoms with E-state index in [1.165, 1.54) is 18.2 Å². The van der Waals surface area contributed by atoms with Gasteiger partial charge in [-0.3, -0.25) is 9.88 Å². The zero-order chi connectivity index (χ0) is 29.6. The predicted octanol–water partition coefficient (Wildman–Crippen LogP) is 6.09. The first kappa shape index (κ1) is 28.4. The number of esters is 1. The van der Waals surface area contributed by atoms with Crippen LogP contribution in [-0.2, 0) is 16.0 Å². The molecule has 9 nitrogen and oxygen atoms in total. The summed E-state index contributed by atoms with van der Waals surface area (Å²) in [5.74, 6) is 0.754. The lowest BCUT2D eigenvalue weighted by Crippen LogP contribution is -2.46. The highest BCUT2D eigenvalue weighted by Gasteiger charge is 2.39. The number of aromatic nitrogens is 2. The summed E-state index contributed by atoms with van der Waals surface area (Å²) in [6.07, 6.45) is 5.53. The Morgan fingerprint density at radius 2 is 1.79 bits per heavy atom. The molecule has 1 unspecified atom stereocenters. The van der Waals surface area contributed by atoms with Gasteiger partial charge in [-0.1, -0.05) is 36.4 Å². The summed E-state index contributed by atoms with van der Waals surface area (Å²) in [4.78, 5) is 30.3. The van der Waals surface area contributed by atoms with Gasteiger partial charge in [0.25, 0.3) is 6.02 Å². The maximum absolute atomic E-state index is 11.7. The average molecular weight is 578 g/mol. The Balaban J connectivity index is 1.10. The zero-order valence-corrected chi connectivity index (χ0v) is 24.4. The fourth-order valence-electron chi connectivity index (χ4n) is 5.69. The van der Waals surface area contributed by atoms with E-state index in [-0.39, 0.29) is 12.0 Å². The Hall–Kier alpha value is -4.76. The van der Waals surface area contributed by atoms with Crippen molar-refractivity contribution in [1.29, 1.82) is 0 Å². The van der Waals surface area contributed by atoms with Gasteiger partial charge in [-0.2, -0.15) is 4.99 Å². The minimum atomic E-state index is -0.378. The number of nitrogens with zero attached hydrogens (tertiary/aromatic N) is 5. The van der Waals surface area contributed by atoms with Crippen LogP contribution in [-0.4, -0.2) is 64.6 Å². The lowest BCUT2D eigenvalue weighted by Gasteiger charge is -2.39. The molecule has 4 aromatic rings. The van der Waals surface area contributed by atoms with Crippen molar-refractivity contribution in [2.45, 2.75) is 38.4 Å². The molecule has 0 amide bonds. The fourth-order valence-corrected chi connectivity index (χ4v) is 5.69. The molecule has 0 bridgehead atoms. The first-order valence-electron chi connectivity index (χ1n) is 14.6. The Bertz CT molecular complexity index is 1560. The number of amidine groups is 1. The van der Waals surface area contributed by atoms with E-state index >= 15 is 0 Å². The van der Waals surface area contributed by atoms with Crippen molar-refractivity contribution in [2.24, 2.45) is 4.99 Å². The molecule has 2 aliphatic heterocycles. The highest BCUT2D eigenvalue weighted by atomic mass is 16.5. The van der Waals surface area contributed by atoms with Crippen LogP contribution in [0, 0.1) is 6.92 Å². The highest BCUT2D eigenvalue weighted by Crippen LogP contribution is 2.34. The van der Waals surface area contributed by atoms with Gasteiger partial charge in [0.05, 0.1) is 30.6 Å². The van der Waals surface area contributed by atoms with Crippen LogP contribution in [0.25, 0.3) is 0 Å². The molecule has 43 heavy (non-hydrogen) atoms. The average Bonchev–Trinajstić information content (AvgIpc) is 3.47. The summed E-state index contributed by atoms with van der Waals surface area (Å²) >= 11 is 0. The van der Waals surface area contributed by atoms with E-state index < -0.39 is 0 Å². The van der Waals surface area contributed by atoms with Crippen molar-refractivity contribution in [3.63, 3.8) is 0 Å². The summed E-state index contributed by atoms with van der Waals surface area (Å²) in [6, 6.07) is 26.3. The molecule has 0 N–H and O–H groups in total. The van der Waals surface area contributed by atoms with Gasteiger partial charge in [-0.05, 0) is 67.3 Å². The molecule has 0 radical (unpaired) electrons. The normalized spacial score (nSPS) is 18.4. The van der Waals surface area contributed by atoms with E-state index in [0.29, 0.717) is 35.9 Å². The Kier molecular flexibility index (Phi) is 8.60. The number of methoxy groups -OCH3 is 1. The SMILES string of the molecule is COC(=O)c1ccc(Oc2ccc(CN3CCC(N4C(=Nc5cccnc5)OCC4c4ccccc4)CC3)c(C)n2)cc1. The molecule has 1 atom stereocenters. The molecule has 0 saturated carbocycles. The Morgan fingerprint density at radius 1 is 1.00 bits per heavy atom. The smallest absolute Gasteiger partial charge is 0.337 e. The van der Waals surface area contributed by atoms with Gasteiger partial charge in [-0.15, -0.1) is 0 Å². The first-order chi connectivity index (χ1) is 21.1. The molecule has 0 aliphatic carbocycles. The molecule has 2 fully saturated rings. The molecule has 4 heterocycles. The van der Waals surface area contributed by atoms with Gasteiger partial charge < -0.3 is 19.1 Å². The standard InChI is InChI=1S/C34H35N5O4/c1-24-27(12-15-32(36-24)43-30-13-10-26(11-14-30)33(40)41-2)22-38-19-16-29(17-20-38)39-31(25-7-4-3-5-8-25)23-42-34(39)37-28-9-6-18-35-21-28/h3-15,18,21,29,31H,16-17,19-20,22-23H2,1-2H3. The maximum Gasteiger partial charge on any atom is 0.337 e. The van der Waals surface area contributed by atoms with E-state index in [0.717, 1.165) is 43.9 Å². The number of hydrogen-bond acceptors (Lipinski definition) is 8. The molecular formula is C34H35N5O4. The van der Waals surface area contributed by atoms with E-state index in [1.807, 2.05) is 31.2 Å². The minimum absolute atomic E-state index is 0.129. The second kappa shape index (κ2) is 13.0. The molecular weight excluding hydrogens is 542 g/mol. The number of carbonyl (C=O) groups excluding carboxylic acids is 1. The molecule has 2 saturated heterocycles. The van der Waals surface area contributed by atoms with Crippen LogP contribution >= 0.6 is 0 Å². The number of rotatable bonds is 8. The lowest BCUT2D eigenvalue weighted by molar-refractivity contribution is 0.0600. The van der Waals surface area contributed by atoms with E-state index in [2.05, 4.69) is 45.1 Å². The maximum atomic E-state index is 11.7. The van der Waals surface area contributed by atoms with Crippen molar-refractivity contribution in [3.8, 4) is 11.6 Å². The molecule has 9 heteroatoms. The summed E-state index contributed by atoms with van der Waals surface area (Å²) in [5.41, 5.74) is 4.63. The van der Waals surface area contributed by atoms with Crippen LogP contribution < -0.4 is 4.74 Å². The van der Waals surface area contributed by atoms with Crippen LogP contribution in [0.5, 0.6) is 11.6 Å². The topological polar surface area (TPSA) is 89.4 Å². The molecule has 2 aromatic carbocycles. The largest absolute Gasteiger partial charge is 0.465 e. The molecule has 2 aromatic heterocycles. The number of carbonyl (C=O) groups is 1. The zero-order valence-electron chi connectivity index (χ0n) is 24.4. The number of hydrogen-bond donors (Lipinski definition) is 0. The summed E-state index contributed by atoms with van der Waals surface area (Å²) in [6.45, 7) is 5.36. The van der Waals surface area contributed by atoms with Crippen LogP contribution in [0.2, 0.25) is 0 Å². The third-order valence-electron chi connectivity index (χ3n) is 7.99. The monoisotopic (exact) mass is 577 g/mol. The van der Waals surface area contributed by atoms with Crippen LogP contribution in [0.4, 0.5) is 5.69 Å². The van der Waals surface area contributed by atoms with Crippen LogP contribution in [0.3, 0.4) is 0 Å². The first-order valence-corrected chi connectivity index (χ1v) is 14.6. The van der Waals surface area contributed by atoms with E-state index in [9.17, 15) is 4.79 Å². The summed E-state index contributed by atoms with van der Waals surface area (Å²) in [5, 5.41) is 0. The van der Waals surface area contributed by atoms with Gasteiger partial charge in [-0.25, -0.2) is 9.78 Å². The van der Waals surface area contributed by atoms with Gasteiger partial charge >= 0.3 is 5.97 Å². The van der Waals surface area contributed by atoms with Gasteiger partial charge in [0.2, 0.25) is 5.88 Å². The van der Waals surface area contributed by atoms with Crippen molar-refractivity contribution >= 4 is 17.7 Å². The Labute approximate surface area is 251 Å². The number of ether oxygens (including phenoxy) is 3. The predicted molar refractivity (Wildman–Crippen MR) is 163 cm³/mol. The lowest BCUT2D eigenvalue weighted by atomic mass is 9.98. The minimum Gasteiger partial charge on any atom is -0.465 e. The number of piperidine rings is 1. The van der Waals surface area contributed by atoms with Crippen molar-refractivity contribution in [1.82, 2.24) is 19.8 Å². The Morgan fingerprint density at radius 3 is 2.49 bits per heavy atom.